The van der Waals surface area contributed by atoms with E-state index in [0.717, 1.165) is 18.4 Å². The number of halogens is 1. The van der Waals surface area contributed by atoms with Crippen LogP contribution in [0, 0.1) is 12.7 Å². The first-order valence-corrected chi connectivity index (χ1v) is 11.5. The molecule has 0 fully saturated rings. The molecule has 0 aromatic heterocycles. The second-order valence-corrected chi connectivity index (χ2v) is 8.40. The fourth-order valence-electron chi connectivity index (χ4n) is 3.07. The number of benzene rings is 2. The number of aryl methyl sites for hydroxylation is 1. The minimum atomic E-state index is -0.673. The highest BCUT2D eigenvalue weighted by atomic mass is 32.2. The van der Waals surface area contributed by atoms with Gasteiger partial charge in [0.15, 0.2) is 0 Å². The summed E-state index contributed by atoms with van der Waals surface area (Å²) < 4.78 is 14.2. The molecular weight excluding hydrogens is 399 g/mol. The fourth-order valence-corrected chi connectivity index (χ4v) is 3.93. The van der Waals surface area contributed by atoms with E-state index in [4.69, 9.17) is 0 Å². The van der Waals surface area contributed by atoms with Gasteiger partial charge in [-0.2, -0.15) is 0 Å². The van der Waals surface area contributed by atoms with Crippen molar-refractivity contribution >= 4 is 23.6 Å². The number of carbonyl (C=O) groups is 2. The molecule has 2 aromatic rings. The molecule has 0 aliphatic carbocycles. The fraction of sp³-hybridized carbons (Fsp3) is 0.417. The first kappa shape index (κ1) is 23.9. The topological polar surface area (TPSA) is 49.4 Å². The summed E-state index contributed by atoms with van der Waals surface area (Å²) in [6.45, 7) is 6.43. The van der Waals surface area contributed by atoms with Crippen molar-refractivity contribution in [1.82, 2.24) is 10.2 Å². The highest BCUT2D eigenvalue weighted by Crippen LogP contribution is 2.18. The third-order valence-electron chi connectivity index (χ3n) is 4.87. The molecule has 0 saturated carbocycles. The molecule has 162 valence electrons. The molecule has 30 heavy (non-hydrogen) atoms. The molecule has 0 radical (unpaired) electrons. The van der Waals surface area contributed by atoms with E-state index in [1.807, 2.05) is 25.1 Å². The number of amides is 2. The zero-order chi connectivity index (χ0) is 21.9. The Balaban J connectivity index is 2.05. The maximum atomic E-state index is 14.2. The number of unbranched alkanes of at least 4 members (excludes halogenated alkanes) is 1. The summed E-state index contributed by atoms with van der Waals surface area (Å²) in [5.41, 5.74) is 2.74. The van der Waals surface area contributed by atoms with Crippen molar-refractivity contribution in [2.45, 2.75) is 52.0 Å². The second kappa shape index (κ2) is 12.4. The molecule has 1 atom stereocenters. The largest absolute Gasteiger partial charge is 0.354 e. The lowest BCUT2D eigenvalue weighted by atomic mass is 10.1. The molecule has 2 aromatic carbocycles. The van der Waals surface area contributed by atoms with Crippen LogP contribution in [0.2, 0.25) is 0 Å². The SMILES string of the molecule is CCCCNC(=O)[C@H](C)N(Cc1ccccc1F)C(=O)CSCc1cccc(C)c1. The summed E-state index contributed by atoms with van der Waals surface area (Å²) >= 11 is 1.50. The predicted octanol–water partition coefficient (Wildman–Crippen LogP) is 4.70. The number of nitrogens with zero attached hydrogens (tertiary/aromatic N) is 1. The summed E-state index contributed by atoms with van der Waals surface area (Å²) in [4.78, 5) is 27.0. The van der Waals surface area contributed by atoms with Gasteiger partial charge in [-0.25, -0.2) is 4.39 Å². The average molecular weight is 431 g/mol. The number of rotatable bonds is 11. The highest BCUT2D eigenvalue weighted by molar-refractivity contribution is 7.99. The van der Waals surface area contributed by atoms with Crippen LogP contribution in [-0.4, -0.2) is 35.1 Å². The molecule has 0 saturated heterocycles. The Hall–Kier alpha value is -2.34. The monoisotopic (exact) mass is 430 g/mol. The van der Waals surface area contributed by atoms with Gasteiger partial charge in [-0.1, -0.05) is 61.4 Å². The van der Waals surface area contributed by atoms with Crippen molar-refractivity contribution in [3.05, 3.63) is 71.0 Å². The van der Waals surface area contributed by atoms with Crippen LogP contribution in [-0.2, 0) is 21.9 Å². The summed E-state index contributed by atoms with van der Waals surface area (Å²) in [6.07, 6.45) is 1.86. The Morgan fingerprint density at radius 3 is 2.63 bits per heavy atom. The second-order valence-electron chi connectivity index (χ2n) is 7.42. The minimum Gasteiger partial charge on any atom is -0.354 e. The Kier molecular flexibility index (Phi) is 9.87. The molecule has 2 rings (SSSR count). The van der Waals surface area contributed by atoms with Crippen LogP contribution in [0.25, 0.3) is 0 Å². The third kappa shape index (κ3) is 7.48. The number of carbonyl (C=O) groups excluding carboxylic acids is 2. The van der Waals surface area contributed by atoms with E-state index in [-0.39, 0.29) is 29.9 Å². The van der Waals surface area contributed by atoms with Gasteiger partial charge in [0.25, 0.3) is 0 Å². The number of hydrogen-bond donors (Lipinski definition) is 1. The molecule has 0 aliphatic rings. The molecule has 1 N–H and O–H groups in total. The maximum absolute atomic E-state index is 14.2. The first-order valence-electron chi connectivity index (χ1n) is 10.4. The van der Waals surface area contributed by atoms with Gasteiger partial charge in [-0.15, -0.1) is 11.8 Å². The minimum absolute atomic E-state index is 0.0683. The molecule has 6 heteroatoms. The van der Waals surface area contributed by atoms with Crippen molar-refractivity contribution in [3.8, 4) is 0 Å². The van der Waals surface area contributed by atoms with Crippen LogP contribution < -0.4 is 5.32 Å². The van der Waals surface area contributed by atoms with Crippen LogP contribution >= 0.6 is 11.8 Å². The van der Waals surface area contributed by atoms with E-state index < -0.39 is 6.04 Å². The van der Waals surface area contributed by atoms with Gasteiger partial charge in [0.05, 0.1) is 5.75 Å². The van der Waals surface area contributed by atoms with Gasteiger partial charge in [0.1, 0.15) is 11.9 Å². The van der Waals surface area contributed by atoms with E-state index in [1.165, 1.54) is 28.3 Å². The maximum Gasteiger partial charge on any atom is 0.242 e. The highest BCUT2D eigenvalue weighted by Gasteiger charge is 2.26. The van der Waals surface area contributed by atoms with Gasteiger partial charge in [-0.05, 0) is 31.9 Å². The molecule has 0 spiro atoms. The van der Waals surface area contributed by atoms with Crippen LogP contribution in [0.1, 0.15) is 43.4 Å². The van der Waals surface area contributed by atoms with Crippen LogP contribution in [0.15, 0.2) is 48.5 Å². The van der Waals surface area contributed by atoms with Crippen LogP contribution in [0.5, 0.6) is 0 Å². The van der Waals surface area contributed by atoms with Crippen molar-refractivity contribution in [2.24, 2.45) is 0 Å². The van der Waals surface area contributed by atoms with Crippen LogP contribution in [0.3, 0.4) is 0 Å². The van der Waals surface area contributed by atoms with Gasteiger partial charge < -0.3 is 10.2 Å². The molecule has 0 heterocycles. The Bertz CT molecular complexity index is 843. The molecule has 0 unspecified atom stereocenters. The quantitative estimate of drug-likeness (QED) is 0.526. The zero-order valence-electron chi connectivity index (χ0n) is 18.0. The molecule has 4 nitrogen and oxygen atoms in total. The number of hydrogen-bond acceptors (Lipinski definition) is 3. The normalized spacial score (nSPS) is 11.7. The van der Waals surface area contributed by atoms with Gasteiger partial charge in [0, 0.05) is 24.4 Å². The summed E-state index contributed by atoms with van der Waals surface area (Å²) in [6, 6.07) is 13.9. The molecule has 0 aliphatic heterocycles. The predicted molar refractivity (Wildman–Crippen MR) is 122 cm³/mol. The zero-order valence-corrected chi connectivity index (χ0v) is 18.8. The molecule has 2 amide bonds. The third-order valence-corrected chi connectivity index (χ3v) is 5.86. The first-order chi connectivity index (χ1) is 14.4. The number of thioether (sulfide) groups is 1. The smallest absolute Gasteiger partial charge is 0.242 e. The van der Waals surface area contributed by atoms with E-state index in [9.17, 15) is 14.0 Å². The van der Waals surface area contributed by atoms with Crippen molar-refractivity contribution in [1.29, 1.82) is 0 Å². The molecular formula is C24H31FN2O2S. The lowest BCUT2D eigenvalue weighted by molar-refractivity contribution is -0.138. The van der Waals surface area contributed by atoms with E-state index in [1.54, 1.807) is 25.1 Å². The summed E-state index contributed by atoms with van der Waals surface area (Å²) in [5, 5.41) is 2.87. The molecule has 0 bridgehead atoms. The Morgan fingerprint density at radius 1 is 1.17 bits per heavy atom. The van der Waals surface area contributed by atoms with Crippen molar-refractivity contribution in [2.75, 3.05) is 12.3 Å². The van der Waals surface area contributed by atoms with Gasteiger partial charge in [0.2, 0.25) is 11.8 Å². The van der Waals surface area contributed by atoms with E-state index >= 15 is 0 Å². The van der Waals surface area contributed by atoms with E-state index in [0.29, 0.717) is 17.9 Å². The average Bonchev–Trinajstić information content (AvgIpc) is 2.72. The van der Waals surface area contributed by atoms with Gasteiger partial charge >= 0.3 is 0 Å². The lowest BCUT2D eigenvalue weighted by Crippen LogP contribution is -2.48. The van der Waals surface area contributed by atoms with Gasteiger partial charge in [-0.3, -0.25) is 9.59 Å². The summed E-state index contributed by atoms with van der Waals surface area (Å²) in [7, 11) is 0. The standard InChI is InChI=1S/C24H31FN2O2S/c1-4-5-13-26-24(29)19(3)27(15-21-11-6-7-12-22(21)25)23(28)17-30-16-20-10-8-9-18(2)14-20/h6-12,14,19H,4-5,13,15-17H2,1-3H3,(H,26,29)/t19-/m0/s1. The number of nitrogens with one attached hydrogen (secondary N) is 1. The van der Waals surface area contributed by atoms with E-state index in [2.05, 4.69) is 18.3 Å². The summed E-state index contributed by atoms with van der Waals surface area (Å²) in [5.74, 6) is 0.180. The Labute approximate surface area is 183 Å². The van der Waals surface area contributed by atoms with Crippen LogP contribution in [0.4, 0.5) is 4.39 Å². The Morgan fingerprint density at radius 2 is 1.93 bits per heavy atom. The van der Waals surface area contributed by atoms with Crippen molar-refractivity contribution < 1.29 is 14.0 Å². The lowest BCUT2D eigenvalue weighted by Gasteiger charge is -2.29. The van der Waals surface area contributed by atoms with Crippen molar-refractivity contribution in [3.63, 3.8) is 0 Å².